The molecular weight excluding hydrogens is 632 g/mol. The molecular formula is C36H40N4O7S. The molecule has 12 heteroatoms. The third kappa shape index (κ3) is 8.77. The SMILES string of the molecule is CCCNC(=O)[C@@H](Cc1ccccc1)N(Cc1ccc(C)cc1)C(=O)CN(c1ccc(OC)cc1)S(=O)(=O)c1ccc(C)c([N+](=O)[O-])c1. The second-order valence-corrected chi connectivity index (χ2v) is 13.3. The number of carbonyl (C=O) groups is 2. The van der Waals surface area contributed by atoms with Crippen LogP contribution in [0.2, 0.25) is 0 Å². The summed E-state index contributed by atoms with van der Waals surface area (Å²) in [5.74, 6) is -0.539. The van der Waals surface area contributed by atoms with Crippen LogP contribution in [0.3, 0.4) is 0 Å². The lowest BCUT2D eigenvalue weighted by Gasteiger charge is -2.34. The van der Waals surface area contributed by atoms with Crippen LogP contribution in [0.15, 0.2) is 102 Å². The quantitative estimate of drug-likeness (QED) is 0.128. The molecule has 0 aliphatic heterocycles. The summed E-state index contributed by atoms with van der Waals surface area (Å²) in [6, 6.07) is 25.6. The van der Waals surface area contributed by atoms with Crippen molar-refractivity contribution < 1.29 is 27.7 Å². The second kappa shape index (κ2) is 16.1. The highest BCUT2D eigenvalue weighted by Gasteiger charge is 2.35. The summed E-state index contributed by atoms with van der Waals surface area (Å²) in [7, 11) is -3.06. The zero-order valence-corrected chi connectivity index (χ0v) is 28.3. The summed E-state index contributed by atoms with van der Waals surface area (Å²) < 4.78 is 34.7. The first-order valence-electron chi connectivity index (χ1n) is 15.5. The average molecular weight is 673 g/mol. The van der Waals surface area contributed by atoms with Crippen LogP contribution in [0.1, 0.15) is 35.6 Å². The van der Waals surface area contributed by atoms with Crippen molar-refractivity contribution in [1.82, 2.24) is 10.2 Å². The Morgan fingerprint density at radius 2 is 1.58 bits per heavy atom. The van der Waals surface area contributed by atoms with E-state index in [9.17, 15) is 28.1 Å². The summed E-state index contributed by atoms with van der Waals surface area (Å²) in [6.45, 7) is 5.12. The number of aryl methyl sites for hydroxylation is 2. The monoisotopic (exact) mass is 672 g/mol. The largest absolute Gasteiger partial charge is 0.497 e. The van der Waals surface area contributed by atoms with Crippen LogP contribution in [-0.4, -0.2) is 56.3 Å². The summed E-state index contributed by atoms with van der Waals surface area (Å²) in [6.07, 6.45) is 0.870. The molecule has 0 aliphatic rings. The van der Waals surface area contributed by atoms with E-state index in [4.69, 9.17) is 4.74 Å². The van der Waals surface area contributed by atoms with Gasteiger partial charge in [0.1, 0.15) is 18.3 Å². The first-order chi connectivity index (χ1) is 22.9. The van der Waals surface area contributed by atoms with Gasteiger partial charge in [-0.05, 0) is 61.7 Å². The number of methoxy groups -OCH3 is 1. The Labute approximate surface area is 281 Å². The molecule has 4 rings (SSSR count). The minimum absolute atomic E-state index is 0.0304. The van der Waals surface area contributed by atoms with Crippen molar-refractivity contribution in [2.24, 2.45) is 0 Å². The van der Waals surface area contributed by atoms with Crippen molar-refractivity contribution in [3.63, 3.8) is 0 Å². The molecule has 0 saturated carbocycles. The van der Waals surface area contributed by atoms with Crippen LogP contribution in [0.5, 0.6) is 5.75 Å². The lowest BCUT2D eigenvalue weighted by Crippen LogP contribution is -2.53. The molecule has 0 heterocycles. The maximum Gasteiger partial charge on any atom is 0.273 e. The topological polar surface area (TPSA) is 139 Å². The average Bonchev–Trinajstić information content (AvgIpc) is 3.08. The standard InChI is InChI=1S/C36H40N4O7S/c1-5-21-37-36(42)34(22-28-9-7-6-8-10-28)38(24-29-14-11-26(2)12-15-29)35(41)25-39(30-16-18-31(47-4)19-17-30)48(45,46)32-20-13-27(3)33(23-32)40(43)44/h6-20,23,34H,5,21-22,24-25H2,1-4H3,(H,37,42)/t34-/m1/s1. The molecule has 0 aromatic heterocycles. The van der Waals surface area contributed by atoms with Gasteiger partial charge in [-0.1, -0.05) is 73.2 Å². The van der Waals surface area contributed by atoms with E-state index in [1.165, 1.54) is 43.2 Å². The minimum atomic E-state index is -4.53. The van der Waals surface area contributed by atoms with Crippen LogP contribution in [-0.2, 0) is 32.6 Å². The molecule has 48 heavy (non-hydrogen) atoms. The number of rotatable bonds is 15. The van der Waals surface area contributed by atoms with Crippen molar-refractivity contribution in [3.05, 3.63) is 129 Å². The van der Waals surface area contributed by atoms with E-state index in [-0.39, 0.29) is 40.7 Å². The van der Waals surface area contributed by atoms with Gasteiger partial charge in [0.15, 0.2) is 0 Å². The Kier molecular flexibility index (Phi) is 11.9. The molecule has 0 unspecified atom stereocenters. The number of amides is 2. The van der Waals surface area contributed by atoms with Crippen molar-refractivity contribution >= 4 is 33.2 Å². The Morgan fingerprint density at radius 3 is 2.19 bits per heavy atom. The molecule has 0 radical (unpaired) electrons. The molecule has 0 fully saturated rings. The van der Waals surface area contributed by atoms with Gasteiger partial charge in [-0.2, -0.15) is 0 Å². The minimum Gasteiger partial charge on any atom is -0.497 e. The third-order valence-electron chi connectivity index (χ3n) is 7.90. The predicted molar refractivity (Wildman–Crippen MR) is 184 cm³/mol. The fraction of sp³-hybridized carbons (Fsp3) is 0.278. The van der Waals surface area contributed by atoms with E-state index in [0.717, 1.165) is 27.1 Å². The van der Waals surface area contributed by atoms with Crippen molar-refractivity contribution in [3.8, 4) is 5.75 Å². The lowest BCUT2D eigenvalue weighted by atomic mass is 10.0. The van der Waals surface area contributed by atoms with Crippen molar-refractivity contribution in [2.75, 3.05) is 24.5 Å². The molecule has 4 aromatic rings. The molecule has 1 atom stereocenters. The maximum absolute atomic E-state index is 14.5. The smallest absolute Gasteiger partial charge is 0.273 e. The van der Waals surface area contributed by atoms with Crippen LogP contribution < -0.4 is 14.4 Å². The van der Waals surface area contributed by atoms with Gasteiger partial charge in [-0.3, -0.25) is 24.0 Å². The van der Waals surface area contributed by atoms with E-state index in [2.05, 4.69) is 5.32 Å². The van der Waals surface area contributed by atoms with Gasteiger partial charge >= 0.3 is 0 Å². The molecule has 0 aliphatic carbocycles. The summed E-state index contributed by atoms with van der Waals surface area (Å²) in [5, 5.41) is 14.6. The van der Waals surface area contributed by atoms with Crippen molar-refractivity contribution in [1.29, 1.82) is 0 Å². The van der Waals surface area contributed by atoms with Gasteiger partial charge in [0.25, 0.3) is 15.7 Å². The zero-order valence-electron chi connectivity index (χ0n) is 27.5. The maximum atomic E-state index is 14.5. The van der Waals surface area contributed by atoms with Crippen LogP contribution >= 0.6 is 0 Å². The third-order valence-corrected chi connectivity index (χ3v) is 9.67. The summed E-state index contributed by atoms with van der Waals surface area (Å²) >= 11 is 0. The Morgan fingerprint density at radius 1 is 0.917 bits per heavy atom. The first-order valence-corrected chi connectivity index (χ1v) is 17.0. The van der Waals surface area contributed by atoms with Crippen molar-refractivity contribution in [2.45, 2.75) is 51.1 Å². The highest BCUT2D eigenvalue weighted by Crippen LogP contribution is 2.30. The number of anilines is 1. The van der Waals surface area contributed by atoms with Gasteiger partial charge in [-0.15, -0.1) is 0 Å². The molecule has 4 aromatic carbocycles. The van der Waals surface area contributed by atoms with E-state index in [1.807, 2.05) is 68.4 Å². The summed E-state index contributed by atoms with van der Waals surface area (Å²) in [5.41, 5.74) is 2.65. The normalized spacial score (nSPS) is 11.8. The highest BCUT2D eigenvalue weighted by atomic mass is 32.2. The van der Waals surface area contributed by atoms with Crippen LogP contribution in [0, 0.1) is 24.0 Å². The number of carbonyl (C=O) groups excluding carboxylic acids is 2. The number of nitro groups is 1. The number of nitro benzene ring substituents is 1. The fourth-order valence-corrected chi connectivity index (χ4v) is 6.60. The second-order valence-electron chi connectivity index (χ2n) is 11.4. The number of nitrogens with zero attached hydrogens (tertiary/aromatic N) is 3. The molecule has 252 valence electrons. The molecule has 0 spiro atoms. The number of hydrogen-bond donors (Lipinski definition) is 1. The van der Waals surface area contributed by atoms with Gasteiger partial charge in [0.05, 0.1) is 22.6 Å². The fourth-order valence-electron chi connectivity index (χ4n) is 5.16. The highest BCUT2D eigenvalue weighted by molar-refractivity contribution is 7.92. The Balaban J connectivity index is 1.83. The van der Waals surface area contributed by atoms with Crippen LogP contribution in [0.4, 0.5) is 11.4 Å². The molecule has 11 nitrogen and oxygen atoms in total. The van der Waals surface area contributed by atoms with Gasteiger partial charge in [0.2, 0.25) is 11.8 Å². The molecule has 1 N–H and O–H groups in total. The Hall–Kier alpha value is -5.23. The van der Waals surface area contributed by atoms with E-state index >= 15 is 0 Å². The van der Waals surface area contributed by atoms with E-state index in [1.54, 1.807) is 12.1 Å². The summed E-state index contributed by atoms with van der Waals surface area (Å²) in [4.78, 5) is 40.4. The van der Waals surface area contributed by atoms with E-state index in [0.29, 0.717) is 18.7 Å². The first kappa shape index (κ1) is 35.6. The number of nitrogens with one attached hydrogen (secondary N) is 1. The molecule has 0 bridgehead atoms. The van der Waals surface area contributed by atoms with Gasteiger partial charge in [0, 0.05) is 31.1 Å². The number of sulfonamides is 1. The molecule has 2 amide bonds. The lowest BCUT2D eigenvalue weighted by molar-refractivity contribution is -0.385. The Bertz CT molecular complexity index is 1830. The number of benzene rings is 4. The van der Waals surface area contributed by atoms with Gasteiger partial charge in [-0.25, -0.2) is 8.42 Å². The van der Waals surface area contributed by atoms with E-state index < -0.39 is 33.4 Å². The number of ether oxygens (including phenoxy) is 1. The predicted octanol–water partition coefficient (Wildman–Crippen LogP) is 5.58. The zero-order chi connectivity index (χ0) is 34.8. The van der Waals surface area contributed by atoms with Gasteiger partial charge < -0.3 is 15.0 Å². The molecule has 0 saturated heterocycles. The number of hydrogen-bond acceptors (Lipinski definition) is 7. The van der Waals surface area contributed by atoms with Crippen LogP contribution in [0.25, 0.3) is 0 Å².